The van der Waals surface area contributed by atoms with Crippen LogP contribution in [0.5, 0.6) is 11.5 Å². The number of nitrogens with zero attached hydrogens (tertiary/aromatic N) is 1. The third-order valence-corrected chi connectivity index (χ3v) is 7.09. The van der Waals surface area contributed by atoms with Gasteiger partial charge in [0, 0.05) is 17.5 Å². The summed E-state index contributed by atoms with van der Waals surface area (Å²) in [5.41, 5.74) is 0.795. The number of hydrogen-bond acceptors (Lipinski definition) is 4. The first-order valence-corrected chi connectivity index (χ1v) is 11.1. The van der Waals surface area contributed by atoms with E-state index >= 15 is 4.39 Å². The first kappa shape index (κ1) is 20.5. The van der Waals surface area contributed by atoms with Crippen LogP contribution in [-0.4, -0.2) is 48.8 Å². The summed E-state index contributed by atoms with van der Waals surface area (Å²) in [6, 6.07) is 3.75. The SMILES string of the molecule is O=C(O)CCN1CCC2(CC1)COc1c2ccc(OCCC2CCCCC2)c1F. The lowest BCUT2D eigenvalue weighted by atomic mass is 9.74. The summed E-state index contributed by atoms with van der Waals surface area (Å²) in [4.78, 5) is 13.0. The van der Waals surface area contributed by atoms with E-state index in [1.54, 1.807) is 6.07 Å². The molecule has 0 amide bonds. The Hall–Kier alpha value is -1.82. The number of halogens is 1. The van der Waals surface area contributed by atoms with E-state index < -0.39 is 5.97 Å². The van der Waals surface area contributed by atoms with Gasteiger partial charge >= 0.3 is 5.97 Å². The molecule has 5 nitrogen and oxygen atoms in total. The molecule has 0 unspecified atom stereocenters. The van der Waals surface area contributed by atoms with Crippen LogP contribution in [0.2, 0.25) is 0 Å². The number of carbonyl (C=O) groups is 1. The van der Waals surface area contributed by atoms with E-state index in [1.807, 2.05) is 6.07 Å². The summed E-state index contributed by atoms with van der Waals surface area (Å²) in [5, 5.41) is 8.87. The van der Waals surface area contributed by atoms with Gasteiger partial charge in [-0.3, -0.25) is 4.79 Å². The zero-order valence-corrected chi connectivity index (χ0v) is 17.1. The van der Waals surface area contributed by atoms with Gasteiger partial charge in [0.2, 0.25) is 5.82 Å². The van der Waals surface area contributed by atoms with Crippen molar-refractivity contribution in [3.63, 3.8) is 0 Å². The average Bonchev–Trinajstić information content (AvgIpc) is 3.09. The fourth-order valence-electron chi connectivity index (χ4n) is 5.18. The van der Waals surface area contributed by atoms with Gasteiger partial charge in [0.15, 0.2) is 11.5 Å². The van der Waals surface area contributed by atoms with Crippen LogP contribution in [0.25, 0.3) is 0 Å². The normalized spacial score (nSPS) is 21.7. The molecule has 2 fully saturated rings. The highest BCUT2D eigenvalue weighted by Crippen LogP contribution is 2.48. The summed E-state index contributed by atoms with van der Waals surface area (Å²) < 4.78 is 26.7. The molecule has 1 aromatic carbocycles. The molecule has 1 aliphatic carbocycles. The lowest BCUT2D eigenvalue weighted by molar-refractivity contribution is -0.137. The molecule has 1 saturated heterocycles. The van der Waals surface area contributed by atoms with Crippen molar-refractivity contribution in [3.05, 3.63) is 23.5 Å². The predicted octanol–water partition coefficient (Wildman–Crippen LogP) is 4.38. The number of aliphatic carboxylic acids is 1. The van der Waals surface area contributed by atoms with Crippen LogP contribution in [-0.2, 0) is 10.2 Å². The van der Waals surface area contributed by atoms with E-state index in [2.05, 4.69) is 4.90 Å². The number of ether oxygens (including phenoxy) is 2. The van der Waals surface area contributed by atoms with Crippen molar-refractivity contribution in [3.8, 4) is 11.5 Å². The molecule has 29 heavy (non-hydrogen) atoms. The molecular formula is C23H32FNO4. The molecule has 4 rings (SSSR count). The van der Waals surface area contributed by atoms with E-state index in [4.69, 9.17) is 14.6 Å². The van der Waals surface area contributed by atoms with Crippen LogP contribution < -0.4 is 9.47 Å². The lowest BCUT2D eigenvalue weighted by Crippen LogP contribution is -2.44. The first-order chi connectivity index (χ1) is 14.1. The second-order valence-corrected chi connectivity index (χ2v) is 8.95. The van der Waals surface area contributed by atoms with Gasteiger partial charge in [0.05, 0.1) is 19.6 Å². The smallest absolute Gasteiger partial charge is 0.304 e. The van der Waals surface area contributed by atoms with Crippen LogP contribution in [0.3, 0.4) is 0 Å². The molecule has 1 aromatic rings. The Morgan fingerprint density at radius 2 is 2.00 bits per heavy atom. The van der Waals surface area contributed by atoms with E-state index in [0.29, 0.717) is 37.2 Å². The van der Waals surface area contributed by atoms with Crippen molar-refractivity contribution in [2.45, 2.75) is 63.2 Å². The molecule has 0 atom stereocenters. The summed E-state index contributed by atoms with van der Waals surface area (Å²) in [6.07, 6.45) is 9.37. The second-order valence-electron chi connectivity index (χ2n) is 8.95. The fraction of sp³-hybridized carbons (Fsp3) is 0.696. The van der Waals surface area contributed by atoms with E-state index in [0.717, 1.165) is 37.9 Å². The van der Waals surface area contributed by atoms with E-state index in [1.165, 1.54) is 32.1 Å². The maximum Gasteiger partial charge on any atom is 0.304 e. The minimum atomic E-state index is -0.766. The number of hydrogen-bond donors (Lipinski definition) is 1. The molecule has 0 aromatic heterocycles. The van der Waals surface area contributed by atoms with Gasteiger partial charge in [-0.25, -0.2) is 0 Å². The fourth-order valence-corrected chi connectivity index (χ4v) is 5.18. The highest BCUT2D eigenvalue weighted by molar-refractivity contribution is 5.66. The molecule has 6 heteroatoms. The summed E-state index contributed by atoms with van der Waals surface area (Å²) >= 11 is 0. The van der Waals surface area contributed by atoms with Gasteiger partial charge in [0.25, 0.3) is 0 Å². The Morgan fingerprint density at radius 3 is 2.72 bits per heavy atom. The molecule has 1 saturated carbocycles. The molecular weight excluding hydrogens is 373 g/mol. The second kappa shape index (κ2) is 8.90. The minimum absolute atomic E-state index is 0.156. The summed E-state index contributed by atoms with van der Waals surface area (Å²) in [6.45, 7) is 3.26. The van der Waals surface area contributed by atoms with Gasteiger partial charge in [-0.15, -0.1) is 0 Å². The van der Waals surface area contributed by atoms with Gasteiger partial charge in [-0.05, 0) is 44.3 Å². The number of carboxylic acid groups (broad SMARTS) is 1. The molecule has 0 radical (unpaired) electrons. The number of likely N-dealkylation sites (tertiary alicyclic amines) is 1. The third kappa shape index (κ3) is 4.52. The Labute approximate surface area is 172 Å². The summed E-state index contributed by atoms with van der Waals surface area (Å²) in [7, 11) is 0. The molecule has 1 N–H and O–H groups in total. The zero-order valence-electron chi connectivity index (χ0n) is 17.1. The zero-order chi connectivity index (χ0) is 20.3. The van der Waals surface area contributed by atoms with Crippen molar-refractivity contribution in [2.24, 2.45) is 5.92 Å². The molecule has 160 valence electrons. The third-order valence-electron chi connectivity index (χ3n) is 7.09. The number of benzene rings is 1. The van der Waals surface area contributed by atoms with Gasteiger partial charge in [-0.1, -0.05) is 38.2 Å². The Morgan fingerprint density at radius 1 is 1.24 bits per heavy atom. The quantitative estimate of drug-likeness (QED) is 0.730. The first-order valence-electron chi connectivity index (χ1n) is 11.1. The highest BCUT2D eigenvalue weighted by atomic mass is 19.1. The monoisotopic (exact) mass is 405 g/mol. The minimum Gasteiger partial charge on any atom is -0.490 e. The Balaban J connectivity index is 1.35. The predicted molar refractivity (Wildman–Crippen MR) is 108 cm³/mol. The standard InChI is InChI=1S/C23H32FNO4/c24-21-19(28-15-9-17-4-2-1-3-5-17)7-6-18-22(21)29-16-23(18)10-13-25(14-11-23)12-8-20(26)27/h6-7,17H,1-5,8-16H2,(H,26,27). The topological polar surface area (TPSA) is 59.0 Å². The molecule has 3 aliphatic rings. The largest absolute Gasteiger partial charge is 0.490 e. The number of piperidine rings is 1. The maximum atomic E-state index is 15.0. The number of rotatable bonds is 7. The van der Waals surface area contributed by atoms with Crippen molar-refractivity contribution in [2.75, 3.05) is 32.8 Å². The van der Waals surface area contributed by atoms with Crippen LogP contribution in [0, 0.1) is 11.7 Å². The van der Waals surface area contributed by atoms with Crippen LogP contribution >= 0.6 is 0 Å². The molecule has 2 aliphatic heterocycles. The maximum absolute atomic E-state index is 15.0. The number of fused-ring (bicyclic) bond motifs is 2. The van der Waals surface area contributed by atoms with Crippen LogP contribution in [0.1, 0.15) is 63.4 Å². The number of carboxylic acids is 1. The average molecular weight is 406 g/mol. The van der Waals surface area contributed by atoms with Crippen LogP contribution in [0.15, 0.2) is 12.1 Å². The van der Waals surface area contributed by atoms with E-state index in [9.17, 15) is 4.79 Å². The van der Waals surface area contributed by atoms with Crippen molar-refractivity contribution >= 4 is 5.97 Å². The van der Waals surface area contributed by atoms with E-state index in [-0.39, 0.29) is 17.7 Å². The molecule has 1 spiro atoms. The van der Waals surface area contributed by atoms with Crippen molar-refractivity contribution in [1.29, 1.82) is 0 Å². The van der Waals surface area contributed by atoms with Gasteiger partial charge in [-0.2, -0.15) is 4.39 Å². The van der Waals surface area contributed by atoms with Crippen molar-refractivity contribution in [1.82, 2.24) is 4.90 Å². The molecule has 0 bridgehead atoms. The van der Waals surface area contributed by atoms with Crippen molar-refractivity contribution < 1.29 is 23.8 Å². The highest BCUT2D eigenvalue weighted by Gasteiger charge is 2.44. The Kier molecular flexibility index (Phi) is 6.28. The molecule has 2 heterocycles. The van der Waals surface area contributed by atoms with Gasteiger partial charge in [0.1, 0.15) is 0 Å². The lowest BCUT2D eigenvalue weighted by Gasteiger charge is -2.38. The Bertz CT molecular complexity index is 724. The van der Waals surface area contributed by atoms with Gasteiger partial charge < -0.3 is 19.5 Å². The summed E-state index contributed by atoms with van der Waals surface area (Å²) in [5.74, 6) is 0.246. The van der Waals surface area contributed by atoms with Crippen LogP contribution in [0.4, 0.5) is 4.39 Å².